The highest BCUT2D eigenvalue weighted by Gasteiger charge is 2.27. The number of carbonyl (C=O) groups is 1. The average molecular weight is 310 g/mol. The average Bonchev–Trinajstić information content (AvgIpc) is 2.58. The Kier molecular flexibility index (Phi) is 4.19. The van der Waals surface area contributed by atoms with Gasteiger partial charge in [-0.05, 0) is 50.1 Å². The van der Waals surface area contributed by atoms with Crippen molar-refractivity contribution in [1.82, 2.24) is 4.98 Å². The highest BCUT2D eigenvalue weighted by atomic mass is 16.2. The molecule has 0 saturated carbocycles. The number of pyridine rings is 1. The molecule has 23 heavy (non-hydrogen) atoms. The summed E-state index contributed by atoms with van der Waals surface area (Å²) >= 11 is 0. The molecule has 1 aromatic carbocycles. The van der Waals surface area contributed by atoms with E-state index in [2.05, 4.69) is 22.1 Å². The summed E-state index contributed by atoms with van der Waals surface area (Å²) in [5.41, 5.74) is 3.99. The molecule has 1 N–H and O–H groups in total. The second kappa shape index (κ2) is 6.28. The zero-order valence-electron chi connectivity index (χ0n) is 13.8. The first-order chi connectivity index (χ1) is 11.1. The van der Waals surface area contributed by atoms with Crippen LogP contribution in [-0.4, -0.2) is 30.6 Å². The molecule has 2 amide bonds. The summed E-state index contributed by atoms with van der Waals surface area (Å²) in [5.74, 6) is 0.873. The first kappa shape index (κ1) is 15.3. The van der Waals surface area contributed by atoms with E-state index < -0.39 is 0 Å². The van der Waals surface area contributed by atoms with E-state index in [1.54, 1.807) is 11.1 Å². The maximum absolute atomic E-state index is 12.8. The van der Waals surface area contributed by atoms with Gasteiger partial charge in [-0.1, -0.05) is 12.1 Å². The molecule has 1 aliphatic heterocycles. The minimum atomic E-state index is -0.108. The van der Waals surface area contributed by atoms with Gasteiger partial charge in [0.25, 0.3) is 0 Å². The molecule has 1 aliphatic rings. The monoisotopic (exact) mass is 310 g/mol. The van der Waals surface area contributed by atoms with E-state index in [-0.39, 0.29) is 6.03 Å². The quantitative estimate of drug-likeness (QED) is 0.922. The molecule has 0 aliphatic carbocycles. The second-order valence-corrected chi connectivity index (χ2v) is 5.76. The number of hydrogen-bond acceptors (Lipinski definition) is 3. The summed E-state index contributed by atoms with van der Waals surface area (Å²) in [6.07, 6.45) is 1.77. The largest absolute Gasteiger partial charge is 0.353 e. The second-order valence-electron chi connectivity index (χ2n) is 5.76. The van der Waals surface area contributed by atoms with Crippen LogP contribution in [0.4, 0.5) is 22.0 Å². The lowest BCUT2D eigenvalue weighted by molar-refractivity contribution is 0.256. The molecule has 0 radical (unpaired) electrons. The molecule has 0 saturated heterocycles. The molecule has 5 heteroatoms. The van der Waals surface area contributed by atoms with Gasteiger partial charge in [0, 0.05) is 31.5 Å². The van der Waals surface area contributed by atoms with Crippen molar-refractivity contribution in [2.24, 2.45) is 0 Å². The number of benzene rings is 1. The molecule has 0 fully saturated rings. The molecule has 0 unspecified atom stereocenters. The van der Waals surface area contributed by atoms with Crippen LogP contribution in [-0.2, 0) is 0 Å². The first-order valence-corrected chi connectivity index (χ1v) is 7.96. The number of anilines is 3. The third-order valence-corrected chi connectivity index (χ3v) is 4.42. The van der Waals surface area contributed by atoms with Crippen molar-refractivity contribution in [3.05, 3.63) is 47.7 Å². The lowest BCUT2D eigenvalue weighted by atomic mass is 10.1. The van der Waals surface area contributed by atoms with Crippen LogP contribution >= 0.6 is 0 Å². The molecule has 2 aromatic rings. The zero-order chi connectivity index (χ0) is 16.4. The topological polar surface area (TPSA) is 48.5 Å². The van der Waals surface area contributed by atoms with E-state index in [0.717, 1.165) is 35.8 Å². The van der Waals surface area contributed by atoms with Crippen LogP contribution in [0.15, 0.2) is 36.5 Å². The maximum atomic E-state index is 12.8. The lowest BCUT2D eigenvalue weighted by Crippen LogP contribution is -2.46. The van der Waals surface area contributed by atoms with Gasteiger partial charge in [0.1, 0.15) is 0 Å². The highest BCUT2D eigenvalue weighted by Crippen LogP contribution is 2.31. The van der Waals surface area contributed by atoms with Gasteiger partial charge in [-0.25, -0.2) is 9.78 Å². The number of aromatic nitrogens is 1. The molecule has 0 spiro atoms. The Labute approximate surface area is 136 Å². The Morgan fingerprint density at radius 1 is 1.22 bits per heavy atom. The summed E-state index contributed by atoms with van der Waals surface area (Å²) in [6, 6.07) is 9.66. The number of fused-ring (bicyclic) bond motifs is 1. The number of hydrogen-bond donors (Lipinski definition) is 1. The van der Waals surface area contributed by atoms with Crippen molar-refractivity contribution in [1.29, 1.82) is 0 Å². The summed E-state index contributed by atoms with van der Waals surface area (Å²) in [4.78, 5) is 21.2. The number of urea groups is 1. The van der Waals surface area contributed by atoms with Gasteiger partial charge in [-0.2, -0.15) is 0 Å². The van der Waals surface area contributed by atoms with Crippen LogP contribution in [0.1, 0.15) is 18.1 Å². The standard InChI is InChI=1S/C18H22N4O/c1-4-21-11-12-22(16-9-6-10-19-17(16)21)18(23)20-15-8-5-7-13(2)14(15)3/h5-10H,4,11-12H2,1-3H3,(H,20,23). The van der Waals surface area contributed by atoms with Gasteiger partial charge >= 0.3 is 6.03 Å². The number of amides is 2. The van der Waals surface area contributed by atoms with E-state index in [1.165, 1.54) is 5.56 Å². The minimum Gasteiger partial charge on any atom is -0.353 e. The first-order valence-electron chi connectivity index (χ1n) is 7.96. The van der Waals surface area contributed by atoms with Crippen LogP contribution < -0.4 is 15.1 Å². The Morgan fingerprint density at radius 2 is 2.04 bits per heavy atom. The molecule has 3 rings (SSSR count). The number of nitrogens with zero attached hydrogens (tertiary/aromatic N) is 3. The molecular formula is C18H22N4O. The third kappa shape index (κ3) is 2.86. The molecule has 0 bridgehead atoms. The van der Waals surface area contributed by atoms with E-state index in [1.807, 2.05) is 44.2 Å². The van der Waals surface area contributed by atoms with Crippen LogP contribution in [0.5, 0.6) is 0 Å². The Hall–Kier alpha value is -2.56. The van der Waals surface area contributed by atoms with Crippen molar-refractivity contribution in [2.45, 2.75) is 20.8 Å². The molecule has 0 atom stereocenters. The van der Waals surface area contributed by atoms with Gasteiger partial charge in [-0.15, -0.1) is 0 Å². The highest BCUT2D eigenvalue weighted by molar-refractivity contribution is 6.04. The van der Waals surface area contributed by atoms with Crippen molar-refractivity contribution >= 4 is 23.2 Å². The minimum absolute atomic E-state index is 0.108. The van der Waals surface area contributed by atoms with Crippen LogP contribution in [0.2, 0.25) is 0 Å². The lowest BCUT2D eigenvalue weighted by Gasteiger charge is -2.36. The molecular weight excluding hydrogens is 288 g/mol. The number of nitrogens with one attached hydrogen (secondary N) is 1. The predicted octanol–water partition coefficient (Wildman–Crippen LogP) is 3.58. The fourth-order valence-corrected chi connectivity index (χ4v) is 2.88. The maximum Gasteiger partial charge on any atom is 0.326 e. The Morgan fingerprint density at radius 3 is 2.83 bits per heavy atom. The van der Waals surface area contributed by atoms with Gasteiger partial charge in [0.15, 0.2) is 5.82 Å². The smallest absolute Gasteiger partial charge is 0.326 e. The van der Waals surface area contributed by atoms with Crippen molar-refractivity contribution in [3.8, 4) is 0 Å². The van der Waals surface area contributed by atoms with Gasteiger partial charge in [0.05, 0.1) is 5.69 Å². The summed E-state index contributed by atoms with van der Waals surface area (Å²) < 4.78 is 0. The van der Waals surface area contributed by atoms with Gasteiger partial charge in [-0.3, -0.25) is 4.90 Å². The zero-order valence-corrected chi connectivity index (χ0v) is 13.8. The van der Waals surface area contributed by atoms with Gasteiger partial charge < -0.3 is 10.2 Å². The van der Waals surface area contributed by atoms with Crippen molar-refractivity contribution in [2.75, 3.05) is 34.8 Å². The number of rotatable bonds is 2. The summed E-state index contributed by atoms with van der Waals surface area (Å²) in [6.45, 7) is 8.50. The predicted molar refractivity (Wildman–Crippen MR) is 94.4 cm³/mol. The normalized spacial score (nSPS) is 13.7. The van der Waals surface area contributed by atoms with Crippen molar-refractivity contribution < 1.29 is 4.79 Å². The van der Waals surface area contributed by atoms with Crippen molar-refractivity contribution in [3.63, 3.8) is 0 Å². The van der Waals surface area contributed by atoms with Crippen LogP contribution in [0.3, 0.4) is 0 Å². The fraction of sp³-hybridized carbons (Fsp3) is 0.333. The van der Waals surface area contributed by atoms with E-state index in [9.17, 15) is 4.79 Å². The fourth-order valence-electron chi connectivity index (χ4n) is 2.88. The summed E-state index contributed by atoms with van der Waals surface area (Å²) in [5, 5.41) is 3.04. The van der Waals surface area contributed by atoms with Gasteiger partial charge in [0.2, 0.25) is 0 Å². The van der Waals surface area contributed by atoms with E-state index >= 15 is 0 Å². The Balaban J connectivity index is 1.87. The number of aryl methyl sites for hydroxylation is 1. The van der Waals surface area contributed by atoms with Crippen LogP contribution in [0, 0.1) is 13.8 Å². The Bertz CT molecular complexity index is 729. The third-order valence-electron chi connectivity index (χ3n) is 4.42. The molecule has 120 valence electrons. The number of carbonyl (C=O) groups excluding carboxylic acids is 1. The SMILES string of the molecule is CCN1CCN(C(=O)Nc2cccc(C)c2C)c2cccnc21. The summed E-state index contributed by atoms with van der Waals surface area (Å²) in [7, 11) is 0. The van der Waals surface area contributed by atoms with E-state index in [0.29, 0.717) is 6.54 Å². The van der Waals surface area contributed by atoms with Crippen LogP contribution in [0.25, 0.3) is 0 Å². The number of likely N-dealkylation sites (N-methyl/N-ethyl adjacent to an activating group) is 1. The van der Waals surface area contributed by atoms with E-state index in [4.69, 9.17) is 0 Å². The molecule has 5 nitrogen and oxygen atoms in total. The molecule has 2 heterocycles. The molecule has 1 aromatic heterocycles.